The highest BCUT2D eigenvalue weighted by Gasteiger charge is 2.13. The number of aromatic hydroxyl groups is 1. The summed E-state index contributed by atoms with van der Waals surface area (Å²) in [6.07, 6.45) is 1.57. The molecule has 0 atom stereocenters. The minimum atomic E-state index is -0.446. The number of phenolic OH excluding ortho intramolecular Hbond substituents is 1. The number of amides is 1. The first-order valence-corrected chi connectivity index (χ1v) is 5.39. The number of hydrogen-bond donors (Lipinski definition) is 3. The summed E-state index contributed by atoms with van der Waals surface area (Å²) in [5, 5.41) is 12.3. The number of rotatable bonds is 2. The second-order valence-corrected chi connectivity index (χ2v) is 3.90. The highest BCUT2D eigenvalue weighted by molar-refractivity contribution is 6.06. The Morgan fingerprint density at radius 1 is 1.39 bits per heavy atom. The molecule has 0 saturated heterocycles. The average molecular weight is 243 g/mol. The number of benzene rings is 1. The Labute approximate surface area is 104 Å². The van der Waals surface area contributed by atoms with E-state index in [1.807, 2.05) is 0 Å². The van der Waals surface area contributed by atoms with E-state index in [4.69, 9.17) is 5.73 Å². The van der Waals surface area contributed by atoms with Gasteiger partial charge in [0.2, 0.25) is 0 Å². The number of aryl methyl sites for hydroxylation is 1. The number of phenols is 1. The SMILES string of the molecule is Cc1cc(O)c(C(=O)Nc2ccccn2)cc1N. The third-order valence-corrected chi connectivity index (χ3v) is 2.54. The van der Waals surface area contributed by atoms with Crippen LogP contribution in [0.1, 0.15) is 15.9 Å². The number of pyridine rings is 1. The molecule has 1 heterocycles. The quantitative estimate of drug-likeness (QED) is 0.555. The molecule has 5 nitrogen and oxygen atoms in total. The number of carbonyl (C=O) groups is 1. The fraction of sp³-hybridized carbons (Fsp3) is 0.0769. The molecule has 1 amide bonds. The van der Waals surface area contributed by atoms with Crippen LogP contribution in [0.4, 0.5) is 11.5 Å². The Kier molecular flexibility index (Phi) is 3.14. The topological polar surface area (TPSA) is 88.2 Å². The van der Waals surface area contributed by atoms with Gasteiger partial charge in [-0.1, -0.05) is 6.07 Å². The van der Waals surface area contributed by atoms with Gasteiger partial charge in [-0.25, -0.2) is 4.98 Å². The zero-order chi connectivity index (χ0) is 13.1. The number of nitrogen functional groups attached to an aromatic ring is 1. The van der Waals surface area contributed by atoms with Gasteiger partial charge in [0.1, 0.15) is 11.6 Å². The van der Waals surface area contributed by atoms with Crippen LogP contribution >= 0.6 is 0 Å². The van der Waals surface area contributed by atoms with Crippen LogP contribution in [0, 0.1) is 6.92 Å². The summed E-state index contributed by atoms with van der Waals surface area (Å²) in [5.74, 6) is -0.130. The predicted molar refractivity (Wildman–Crippen MR) is 69.4 cm³/mol. The van der Waals surface area contributed by atoms with Crippen LogP contribution in [0.2, 0.25) is 0 Å². The van der Waals surface area contributed by atoms with Gasteiger partial charge in [0.15, 0.2) is 0 Å². The van der Waals surface area contributed by atoms with Gasteiger partial charge in [-0.05, 0) is 36.8 Å². The highest BCUT2D eigenvalue weighted by atomic mass is 16.3. The van der Waals surface area contributed by atoms with E-state index in [-0.39, 0.29) is 11.3 Å². The summed E-state index contributed by atoms with van der Waals surface area (Å²) in [6, 6.07) is 8.07. The lowest BCUT2D eigenvalue weighted by molar-refractivity contribution is 0.102. The Morgan fingerprint density at radius 3 is 2.83 bits per heavy atom. The van der Waals surface area contributed by atoms with E-state index in [0.29, 0.717) is 11.5 Å². The molecule has 0 saturated carbocycles. The van der Waals surface area contributed by atoms with E-state index in [0.717, 1.165) is 5.56 Å². The molecule has 2 rings (SSSR count). The van der Waals surface area contributed by atoms with Crippen molar-refractivity contribution < 1.29 is 9.90 Å². The molecular formula is C13H13N3O2. The van der Waals surface area contributed by atoms with Gasteiger partial charge in [0.25, 0.3) is 5.91 Å². The predicted octanol–water partition coefficient (Wildman–Crippen LogP) is 1.93. The van der Waals surface area contributed by atoms with Crippen LogP contribution in [0.15, 0.2) is 36.5 Å². The molecule has 0 unspecified atom stereocenters. The largest absolute Gasteiger partial charge is 0.507 e. The van der Waals surface area contributed by atoms with Crippen molar-refractivity contribution >= 4 is 17.4 Å². The van der Waals surface area contributed by atoms with Gasteiger partial charge >= 0.3 is 0 Å². The molecule has 4 N–H and O–H groups in total. The first-order valence-electron chi connectivity index (χ1n) is 5.39. The van der Waals surface area contributed by atoms with Crippen molar-refractivity contribution in [2.45, 2.75) is 6.92 Å². The van der Waals surface area contributed by atoms with Gasteiger partial charge in [-0.2, -0.15) is 0 Å². The summed E-state index contributed by atoms with van der Waals surface area (Å²) in [4.78, 5) is 15.9. The zero-order valence-electron chi connectivity index (χ0n) is 9.84. The maximum absolute atomic E-state index is 11.9. The Balaban J connectivity index is 2.27. The summed E-state index contributed by atoms with van der Waals surface area (Å²) in [6.45, 7) is 1.76. The van der Waals surface area contributed by atoms with Crippen molar-refractivity contribution in [3.63, 3.8) is 0 Å². The summed E-state index contributed by atoms with van der Waals surface area (Å²) >= 11 is 0. The second-order valence-electron chi connectivity index (χ2n) is 3.90. The first-order chi connectivity index (χ1) is 8.58. The number of carbonyl (C=O) groups excluding carboxylic acids is 1. The van der Waals surface area contributed by atoms with Crippen LogP contribution in [-0.2, 0) is 0 Å². The molecule has 0 spiro atoms. The van der Waals surface area contributed by atoms with Crippen LogP contribution in [0.25, 0.3) is 0 Å². The van der Waals surface area contributed by atoms with Crippen LogP contribution in [-0.4, -0.2) is 16.0 Å². The van der Waals surface area contributed by atoms with Gasteiger partial charge in [-0.3, -0.25) is 4.79 Å². The molecule has 0 bridgehead atoms. The Morgan fingerprint density at radius 2 is 2.17 bits per heavy atom. The van der Waals surface area contributed by atoms with E-state index in [9.17, 15) is 9.90 Å². The smallest absolute Gasteiger partial charge is 0.260 e. The van der Waals surface area contributed by atoms with Crippen molar-refractivity contribution in [1.29, 1.82) is 0 Å². The molecule has 0 aliphatic rings. The molecule has 0 aliphatic carbocycles. The number of nitrogens with two attached hydrogens (primary N) is 1. The summed E-state index contributed by atoms with van der Waals surface area (Å²) < 4.78 is 0. The van der Waals surface area contributed by atoms with Gasteiger partial charge in [0, 0.05) is 11.9 Å². The number of hydrogen-bond acceptors (Lipinski definition) is 4. The standard InChI is InChI=1S/C13H13N3O2/c1-8-6-11(17)9(7-10(8)14)13(18)16-12-4-2-3-5-15-12/h2-7,17H,14H2,1H3,(H,15,16,18). The van der Waals surface area contributed by atoms with Crippen molar-refractivity contribution in [3.8, 4) is 5.75 Å². The molecule has 0 radical (unpaired) electrons. The van der Waals surface area contributed by atoms with Gasteiger partial charge in [-0.15, -0.1) is 0 Å². The molecule has 2 aromatic rings. The highest BCUT2D eigenvalue weighted by Crippen LogP contribution is 2.24. The summed E-state index contributed by atoms with van der Waals surface area (Å²) in [5.41, 5.74) is 7.02. The third-order valence-electron chi connectivity index (χ3n) is 2.54. The molecule has 1 aromatic carbocycles. The van der Waals surface area contributed by atoms with E-state index in [1.165, 1.54) is 12.1 Å². The summed E-state index contributed by atoms with van der Waals surface area (Å²) in [7, 11) is 0. The number of nitrogens with one attached hydrogen (secondary N) is 1. The molecule has 92 valence electrons. The van der Waals surface area contributed by atoms with E-state index in [1.54, 1.807) is 31.3 Å². The lowest BCUT2D eigenvalue weighted by Crippen LogP contribution is -2.13. The molecule has 0 fully saturated rings. The fourth-order valence-electron chi connectivity index (χ4n) is 1.51. The van der Waals surface area contributed by atoms with Crippen LogP contribution in [0.5, 0.6) is 5.75 Å². The minimum Gasteiger partial charge on any atom is -0.507 e. The molecule has 5 heteroatoms. The normalized spacial score (nSPS) is 10.1. The number of anilines is 2. The van der Waals surface area contributed by atoms with Crippen molar-refractivity contribution in [1.82, 2.24) is 4.98 Å². The third kappa shape index (κ3) is 2.40. The van der Waals surface area contributed by atoms with Crippen molar-refractivity contribution in [2.24, 2.45) is 0 Å². The van der Waals surface area contributed by atoms with Crippen molar-refractivity contribution in [3.05, 3.63) is 47.7 Å². The first kappa shape index (κ1) is 11.9. The molecule has 1 aromatic heterocycles. The van der Waals surface area contributed by atoms with Crippen LogP contribution in [0.3, 0.4) is 0 Å². The number of aromatic nitrogens is 1. The lowest BCUT2D eigenvalue weighted by atomic mass is 10.1. The van der Waals surface area contributed by atoms with Crippen LogP contribution < -0.4 is 11.1 Å². The van der Waals surface area contributed by atoms with E-state index in [2.05, 4.69) is 10.3 Å². The van der Waals surface area contributed by atoms with Crippen molar-refractivity contribution in [2.75, 3.05) is 11.1 Å². The maximum atomic E-state index is 11.9. The molecule has 18 heavy (non-hydrogen) atoms. The van der Waals surface area contributed by atoms with E-state index >= 15 is 0 Å². The molecule has 0 aliphatic heterocycles. The monoisotopic (exact) mass is 243 g/mol. The Bertz CT molecular complexity index is 582. The lowest BCUT2D eigenvalue weighted by Gasteiger charge is -2.08. The minimum absolute atomic E-state index is 0.102. The van der Waals surface area contributed by atoms with Gasteiger partial charge in [0.05, 0.1) is 5.56 Å². The fourth-order valence-corrected chi connectivity index (χ4v) is 1.51. The number of nitrogens with zero attached hydrogens (tertiary/aromatic N) is 1. The Hall–Kier alpha value is -2.56. The average Bonchev–Trinajstić information content (AvgIpc) is 2.35. The van der Waals surface area contributed by atoms with E-state index < -0.39 is 5.91 Å². The molecular weight excluding hydrogens is 230 g/mol. The zero-order valence-corrected chi connectivity index (χ0v) is 9.84. The second kappa shape index (κ2) is 4.75. The van der Waals surface area contributed by atoms with Gasteiger partial charge < -0.3 is 16.2 Å². The maximum Gasteiger partial charge on any atom is 0.260 e.